The maximum Gasteiger partial charge on any atom is 0.341 e. The summed E-state index contributed by atoms with van der Waals surface area (Å²) in [7, 11) is 0. The van der Waals surface area contributed by atoms with Gasteiger partial charge in [0.15, 0.2) is 6.79 Å². The lowest BCUT2D eigenvalue weighted by Gasteiger charge is -2.18. The van der Waals surface area contributed by atoms with E-state index in [4.69, 9.17) is 47.4 Å². The molecule has 2 rings (SSSR count). The fraction of sp³-hybridized carbons (Fsp3) is 0.455. The van der Waals surface area contributed by atoms with E-state index in [1.807, 2.05) is 18.2 Å². The van der Waals surface area contributed by atoms with Gasteiger partial charge in [0.1, 0.15) is 11.5 Å². The molecule has 1 aliphatic rings. The summed E-state index contributed by atoms with van der Waals surface area (Å²) in [5.41, 5.74) is 0.995. The molecule has 3 nitrogen and oxygen atoms in total. The Balaban J connectivity index is 1.83. The highest BCUT2D eigenvalue weighted by Crippen LogP contribution is 2.29. The normalized spacial score (nSPS) is 14.8. The van der Waals surface area contributed by atoms with Crippen LogP contribution in [0.1, 0.15) is 12.0 Å². The molecule has 0 unspecified atom stereocenters. The summed E-state index contributed by atoms with van der Waals surface area (Å²) in [6.45, 7) is 1.40. The van der Waals surface area contributed by atoms with E-state index < -0.39 is 6.00 Å². The van der Waals surface area contributed by atoms with Crippen LogP contribution in [0.2, 0.25) is 6.04 Å². The van der Waals surface area contributed by atoms with Crippen LogP contribution in [0.3, 0.4) is 0 Å². The first-order valence-corrected chi connectivity index (χ1v) is 10.8. The van der Waals surface area contributed by atoms with E-state index in [1.54, 1.807) is 0 Å². The van der Waals surface area contributed by atoms with Gasteiger partial charge in [-0.2, -0.15) is 0 Å². The average molecular weight is 328 g/mol. The zero-order chi connectivity index (χ0) is 13.0. The molecule has 1 aliphatic heterocycles. The van der Waals surface area contributed by atoms with Crippen molar-refractivity contribution >= 4 is 39.2 Å². The molecule has 0 aromatic heterocycles. The molecule has 0 fully saturated rings. The van der Waals surface area contributed by atoms with Crippen molar-refractivity contribution in [3.05, 3.63) is 23.8 Å². The van der Waals surface area contributed by atoms with Crippen LogP contribution in [0.15, 0.2) is 18.2 Å². The monoisotopic (exact) mass is 326 g/mol. The average Bonchev–Trinajstić information content (AvgIpc) is 2.33. The van der Waals surface area contributed by atoms with Gasteiger partial charge in [-0.1, -0.05) is 0 Å². The van der Waals surface area contributed by atoms with E-state index in [2.05, 4.69) is 0 Å². The minimum absolute atomic E-state index is 0.307. The van der Waals surface area contributed by atoms with E-state index in [-0.39, 0.29) is 0 Å². The summed E-state index contributed by atoms with van der Waals surface area (Å²) in [5, 5.41) is 0. The Kier molecular flexibility index (Phi) is 5.03. The Morgan fingerprint density at radius 1 is 1.28 bits per heavy atom. The standard InChI is InChI=1S/C11H13Cl3O3Si/c12-18(13,14)5-1-4-16-10-2-3-11-9(6-10)7-15-8-17-11/h2-3,6H,1,4-5,7-8H2. The van der Waals surface area contributed by atoms with Crippen molar-refractivity contribution in [3.63, 3.8) is 0 Å². The second-order valence-corrected chi connectivity index (χ2v) is 13.2. The van der Waals surface area contributed by atoms with Crippen LogP contribution >= 0.6 is 33.2 Å². The Morgan fingerprint density at radius 3 is 2.89 bits per heavy atom. The van der Waals surface area contributed by atoms with Gasteiger partial charge in [0, 0.05) is 5.56 Å². The van der Waals surface area contributed by atoms with Gasteiger partial charge >= 0.3 is 6.00 Å². The van der Waals surface area contributed by atoms with Crippen LogP contribution in [0.4, 0.5) is 0 Å². The van der Waals surface area contributed by atoms with Gasteiger partial charge in [0.2, 0.25) is 0 Å². The van der Waals surface area contributed by atoms with Gasteiger partial charge < -0.3 is 14.2 Å². The zero-order valence-corrected chi connectivity index (χ0v) is 12.9. The summed E-state index contributed by atoms with van der Waals surface area (Å²) < 4.78 is 16.1. The minimum atomic E-state index is -2.52. The van der Waals surface area contributed by atoms with Gasteiger partial charge in [-0.05, 0) is 30.7 Å². The van der Waals surface area contributed by atoms with Crippen LogP contribution < -0.4 is 9.47 Å². The second kappa shape index (κ2) is 6.35. The molecule has 1 aromatic carbocycles. The van der Waals surface area contributed by atoms with Crippen LogP contribution in [-0.4, -0.2) is 19.4 Å². The van der Waals surface area contributed by atoms with Crippen LogP contribution in [0.5, 0.6) is 11.5 Å². The molecule has 0 amide bonds. The summed E-state index contributed by atoms with van der Waals surface area (Å²) in [5.74, 6) is 1.64. The molecule has 0 atom stereocenters. The van der Waals surface area contributed by atoms with E-state index in [0.29, 0.717) is 26.1 Å². The second-order valence-electron chi connectivity index (χ2n) is 3.95. The van der Waals surface area contributed by atoms with Gasteiger partial charge in [-0.3, -0.25) is 0 Å². The van der Waals surface area contributed by atoms with Gasteiger partial charge in [0.05, 0.1) is 13.2 Å². The summed E-state index contributed by atoms with van der Waals surface area (Å²) in [6, 6.07) is 3.76. The van der Waals surface area contributed by atoms with E-state index in [9.17, 15) is 0 Å². The number of benzene rings is 1. The molecule has 7 heteroatoms. The third kappa shape index (κ3) is 4.52. The van der Waals surface area contributed by atoms with Crippen molar-refractivity contribution in [2.24, 2.45) is 0 Å². The van der Waals surface area contributed by atoms with Crippen molar-refractivity contribution in [1.82, 2.24) is 0 Å². The van der Waals surface area contributed by atoms with Crippen molar-refractivity contribution < 1.29 is 14.2 Å². The maximum absolute atomic E-state index is 5.79. The first-order valence-electron chi connectivity index (χ1n) is 5.58. The summed E-state index contributed by atoms with van der Waals surface area (Å²) in [4.78, 5) is 0. The van der Waals surface area contributed by atoms with Gasteiger partial charge in [0.25, 0.3) is 0 Å². The quantitative estimate of drug-likeness (QED) is 0.465. The number of rotatable bonds is 5. The SMILES string of the molecule is Cl[Si](Cl)(Cl)CCCOc1ccc2c(c1)COCO2. The largest absolute Gasteiger partial charge is 0.494 e. The molecule has 0 bridgehead atoms. The van der Waals surface area contributed by atoms with Crippen molar-refractivity contribution in [3.8, 4) is 11.5 Å². The first-order chi connectivity index (χ1) is 8.54. The highest BCUT2D eigenvalue weighted by Gasteiger charge is 2.23. The van der Waals surface area contributed by atoms with Gasteiger partial charge in [-0.15, -0.1) is 33.2 Å². The number of fused-ring (bicyclic) bond motifs is 1. The molecule has 0 spiro atoms. The van der Waals surface area contributed by atoms with Gasteiger partial charge in [-0.25, -0.2) is 0 Å². The summed E-state index contributed by atoms with van der Waals surface area (Å²) >= 11 is 17.4. The maximum atomic E-state index is 5.79. The lowest BCUT2D eigenvalue weighted by Crippen LogP contribution is -2.12. The van der Waals surface area contributed by atoms with E-state index >= 15 is 0 Å². The number of ether oxygens (including phenoxy) is 3. The summed E-state index contributed by atoms with van der Waals surface area (Å²) in [6.07, 6.45) is 0.743. The van der Waals surface area contributed by atoms with Crippen molar-refractivity contribution in [1.29, 1.82) is 0 Å². The predicted octanol–water partition coefficient (Wildman–Crippen LogP) is 3.98. The third-order valence-electron chi connectivity index (χ3n) is 2.46. The Labute approximate surface area is 121 Å². The molecule has 0 aliphatic carbocycles. The Hall–Kier alpha value is -0.133. The Bertz CT molecular complexity index is 409. The number of halogens is 3. The van der Waals surface area contributed by atoms with E-state index in [1.165, 1.54) is 0 Å². The fourth-order valence-electron chi connectivity index (χ4n) is 1.62. The lowest BCUT2D eigenvalue weighted by molar-refractivity contribution is -0.0165. The molecule has 0 radical (unpaired) electrons. The molecule has 0 saturated carbocycles. The highest BCUT2D eigenvalue weighted by atomic mass is 35.8. The molecule has 0 saturated heterocycles. The zero-order valence-electron chi connectivity index (χ0n) is 9.63. The molecule has 100 valence electrons. The molecular formula is C11H13Cl3O3Si. The van der Waals surface area contributed by atoms with Crippen molar-refractivity contribution in [2.45, 2.75) is 19.1 Å². The van der Waals surface area contributed by atoms with Crippen LogP contribution in [0.25, 0.3) is 0 Å². The molecule has 1 heterocycles. The van der Waals surface area contributed by atoms with E-state index in [0.717, 1.165) is 23.5 Å². The van der Waals surface area contributed by atoms with Crippen LogP contribution in [-0.2, 0) is 11.3 Å². The van der Waals surface area contributed by atoms with Crippen molar-refractivity contribution in [2.75, 3.05) is 13.4 Å². The highest BCUT2D eigenvalue weighted by molar-refractivity contribution is 7.64. The number of hydrogen-bond acceptors (Lipinski definition) is 3. The minimum Gasteiger partial charge on any atom is -0.494 e. The molecular weight excluding hydrogens is 315 g/mol. The fourth-order valence-corrected chi connectivity index (χ4v) is 3.37. The first kappa shape index (κ1) is 14.3. The molecule has 1 aromatic rings. The third-order valence-corrected chi connectivity index (χ3v) is 5.08. The van der Waals surface area contributed by atoms with Crippen LogP contribution in [0, 0.1) is 0 Å². The molecule has 18 heavy (non-hydrogen) atoms. The number of hydrogen-bond donors (Lipinski definition) is 0. The predicted molar refractivity (Wildman–Crippen MR) is 75.0 cm³/mol. The smallest absolute Gasteiger partial charge is 0.341 e. The molecule has 0 N–H and O–H groups in total. The Morgan fingerprint density at radius 2 is 2.11 bits per heavy atom. The lowest BCUT2D eigenvalue weighted by atomic mass is 10.2. The topological polar surface area (TPSA) is 27.7 Å².